The Kier molecular flexibility index (Phi) is 5.63. The summed E-state index contributed by atoms with van der Waals surface area (Å²) in [6, 6.07) is 4.50. The van der Waals surface area contributed by atoms with Gasteiger partial charge in [-0.15, -0.1) is 11.3 Å². The summed E-state index contributed by atoms with van der Waals surface area (Å²) in [5.74, 6) is -0.655. The van der Waals surface area contributed by atoms with Crippen LogP contribution in [0.1, 0.15) is 32.6 Å². The molecule has 4 N–H and O–H groups in total. The third-order valence-corrected chi connectivity index (χ3v) is 5.24. The third-order valence-electron chi connectivity index (χ3n) is 4.48. The zero-order chi connectivity index (χ0) is 18.7. The third kappa shape index (κ3) is 4.44. The van der Waals surface area contributed by atoms with Crippen LogP contribution in [0.5, 0.6) is 0 Å². The van der Waals surface area contributed by atoms with Gasteiger partial charge in [0.15, 0.2) is 5.13 Å². The van der Waals surface area contributed by atoms with E-state index >= 15 is 0 Å². The molecule has 6 nitrogen and oxygen atoms in total. The van der Waals surface area contributed by atoms with Gasteiger partial charge in [-0.1, -0.05) is 6.42 Å². The summed E-state index contributed by atoms with van der Waals surface area (Å²) >= 11 is 1.24. The van der Waals surface area contributed by atoms with E-state index in [1.165, 1.54) is 24.3 Å². The van der Waals surface area contributed by atoms with E-state index in [0.29, 0.717) is 28.5 Å². The molecule has 1 aliphatic rings. The van der Waals surface area contributed by atoms with Crippen molar-refractivity contribution in [3.63, 3.8) is 0 Å². The van der Waals surface area contributed by atoms with Crippen LogP contribution in [0.2, 0.25) is 0 Å². The molecule has 138 valence electrons. The van der Waals surface area contributed by atoms with E-state index in [1.54, 1.807) is 17.5 Å². The SMILES string of the molecule is CC(=O)Nc1ccc(-c2csc(NC(=O)C[C@@H]3CCC[C@H]3N)n2)c(F)c1. The number of nitrogens with zero attached hydrogens (tertiary/aromatic N) is 1. The number of carbonyl (C=O) groups is 2. The highest BCUT2D eigenvalue weighted by molar-refractivity contribution is 7.14. The van der Waals surface area contributed by atoms with Crippen LogP contribution in [0.4, 0.5) is 15.2 Å². The van der Waals surface area contributed by atoms with Gasteiger partial charge in [-0.05, 0) is 37.0 Å². The summed E-state index contributed by atoms with van der Waals surface area (Å²) < 4.78 is 14.3. The number of nitrogens with one attached hydrogen (secondary N) is 2. The zero-order valence-electron chi connectivity index (χ0n) is 14.4. The van der Waals surface area contributed by atoms with Crippen LogP contribution in [0.25, 0.3) is 11.3 Å². The Morgan fingerprint density at radius 3 is 2.81 bits per heavy atom. The molecule has 2 aromatic rings. The van der Waals surface area contributed by atoms with E-state index in [-0.39, 0.29) is 23.8 Å². The second-order valence-corrected chi connectivity index (χ2v) is 7.38. The molecule has 0 spiro atoms. The second kappa shape index (κ2) is 7.92. The number of hydrogen-bond donors (Lipinski definition) is 3. The molecule has 2 amide bonds. The quantitative estimate of drug-likeness (QED) is 0.745. The predicted molar refractivity (Wildman–Crippen MR) is 100 cm³/mol. The van der Waals surface area contributed by atoms with Crippen LogP contribution in [0.15, 0.2) is 23.6 Å². The Morgan fingerprint density at radius 2 is 2.15 bits per heavy atom. The zero-order valence-corrected chi connectivity index (χ0v) is 15.2. The number of carbonyl (C=O) groups excluding carboxylic acids is 2. The highest BCUT2D eigenvalue weighted by atomic mass is 32.1. The Hall–Kier alpha value is -2.32. The number of aromatic nitrogens is 1. The van der Waals surface area contributed by atoms with Crippen molar-refractivity contribution in [2.24, 2.45) is 11.7 Å². The topological polar surface area (TPSA) is 97.1 Å². The van der Waals surface area contributed by atoms with Crippen molar-refractivity contribution in [3.05, 3.63) is 29.4 Å². The van der Waals surface area contributed by atoms with Crippen molar-refractivity contribution in [1.82, 2.24) is 4.98 Å². The summed E-state index contributed by atoms with van der Waals surface area (Å²) in [6.07, 6.45) is 3.39. The fraction of sp³-hybridized carbons (Fsp3) is 0.389. The van der Waals surface area contributed by atoms with Gasteiger partial charge in [-0.3, -0.25) is 9.59 Å². The number of thiazole rings is 1. The molecule has 0 aliphatic heterocycles. The molecule has 0 bridgehead atoms. The minimum atomic E-state index is -0.489. The molecule has 8 heteroatoms. The van der Waals surface area contributed by atoms with Gasteiger partial charge in [-0.25, -0.2) is 9.37 Å². The summed E-state index contributed by atoms with van der Waals surface area (Å²) in [5, 5.41) is 7.42. The Morgan fingerprint density at radius 1 is 1.35 bits per heavy atom. The Balaban J connectivity index is 1.65. The van der Waals surface area contributed by atoms with Crippen molar-refractivity contribution < 1.29 is 14.0 Å². The molecular formula is C18H21FN4O2S. The van der Waals surface area contributed by atoms with E-state index in [1.807, 2.05) is 0 Å². The minimum Gasteiger partial charge on any atom is -0.327 e. The normalized spacial score (nSPS) is 19.3. The van der Waals surface area contributed by atoms with Crippen LogP contribution >= 0.6 is 11.3 Å². The Labute approximate surface area is 155 Å². The number of amides is 2. The van der Waals surface area contributed by atoms with Gasteiger partial charge in [0.2, 0.25) is 11.8 Å². The van der Waals surface area contributed by atoms with Gasteiger partial charge in [0.1, 0.15) is 5.82 Å². The van der Waals surface area contributed by atoms with Gasteiger partial charge < -0.3 is 16.4 Å². The molecule has 0 radical (unpaired) electrons. The van der Waals surface area contributed by atoms with Gasteiger partial charge >= 0.3 is 0 Å². The largest absolute Gasteiger partial charge is 0.327 e. The lowest BCUT2D eigenvalue weighted by molar-refractivity contribution is -0.117. The minimum absolute atomic E-state index is 0.0869. The van der Waals surface area contributed by atoms with E-state index in [0.717, 1.165) is 19.3 Å². The molecule has 0 saturated heterocycles. The average Bonchev–Trinajstić information content (AvgIpc) is 3.17. The first kappa shape index (κ1) is 18.5. The predicted octanol–water partition coefficient (Wildman–Crippen LogP) is 3.36. The first-order chi connectivity index (χ1) is 12.4. The average molecular weight is 376 g/mol. The van der Waals surface area contributed by atoms with E-state index in [9.17, 15) is 14.0 Å². The van der Waals surface area contributed by atoms with Crippen molar-refractivity contribution in [3.8, 4) is 11.3 Å². The second-order valence-electron chi connectivity index (χ2n) is 6.52. The van der Waals surface area contributed by atoms with Crippen molar-refractivity contribution in [2.45, 2.75) is 38.6 Å². The monoisotopic (exact) mass is 376 g/mol. The van der Waals surface area contributed by atoms with Crippen LogP contribution in [0.3, 0.4) is 0 Å². The molecule has 1 aliphatic carbocycles. The van der Waals surface area contributed by atoms with Crippen molar-refractivity contribution >= 4 is 34.0 Å². The number of anilines is 2. The maximum absolute atomic E-state index is 14.3. The molecule has 1 saturated carbocycles. The summed E-state index contributed by atoms with van der Waals surface area (Å²) in [5.41, 5.74) is 7.14. The lowest BCUT2D eigenvalue weighted by atomic mass is 10.00. The molecule has 1 heterocycles. The summed E-state index contributed by atoms with van der Waals surface area (Å²) in [7, 11) is 0. The summed E-state index contributed by atoms with van der Waals surface area (Å²) in [4.78, 5) is 27.5. The number of benzene rings is 1. The van der Waals surface area contributed by atoms with E-state index in [4.69, 9.17) is 5.73 Å². The number of nitrogens with two attached hydrogens (primary N) is 1. The molecule has 1 aromatic carbocycles. The fourth-order valence-corrected chi connectivity index (χ4v) is 3.91. The van der Waals surface area contributed by atoms with Crippen LogP contribution < -0.4 is 16.4 Å². The smallest absolute Gasteiger partial charge is 0.226 e. The van der Waals surface area contributed by atoms with E-state index in [2.05, 4.69) is 15.6 Å². The molecule has 2 atom stereocenters. The lowest BCUT2D eigenvalue weighted by Gasteiger charge is -2.13. The first-order valence-corrected chi connectivity index (χ1v) is 9.39. The number of halogens is 1. The highest BCUT2D eigenvalue weighted by Crippen LogP contribution is 2.30. The van der Waals surface area contributed by atoms with Crippen LogP contribution in [0, 0.1) is 11.7 Å². The van der Waals surface area contributed by atoms with Crippen molar-refractivity contribution in [1.29, 1.82) is 0 Å². The van der Waals surface area contributed by atoms with E-state index < -0.39 is 5.82 Å². The van der Waals surface area contributed by atoms with Crippen LogP contribution in [-0.2, 0) is 9.59 Å². The van der Waals surface area contributed by atoms with Gasteiger partial charge in [0.25, 0.3) is 0 Å². The maximum Gasteiger partial charge on any atom is 0.226 e. The maximum atomic E-state index is 14.3. The van der Waals surface area contributed by atoms with Gasteiger partial charge in [0, 0.05) is 36.0 Å². The lowest BCUT2D eigenvalue weighted by Crippen LogP contribution is -2.28. The molecule has 26 heavy (non-hydrogen) atoms. The van der Waals surface area contributed by atoms with Crippen molar-refractivity contribution in [2.75, 3.05) is 10.6 Å². The molecule has 3 rings (SSSR count). The van der Waals surface area contributed by atoms with Gasteiger partial charge in [0.05, 0.1) is 5.69 Å². The molecule has 1 aromatic heterocycles. The molecule has 0 unspecified atom stereocenters. The highest BCUT2D eigenvalue weighted by Gasteiger charge is 2.26. The number of rotatable bonds is 5. The standard InChI is InChI=1S/C18H21FN4O2S/c1-10(24)21-12-5-6-13(14(19)8-12)16-9-26-18(22-16)23-17(25)7-11-3-2-4-15(11)20/h5-6,8-9,11,15H,2-4,7,20H2,1H3,(H,21,24)(H,22,23,25)/t11-,15+/m0/s1. The summed E-state index contributed by atoms with van der Waals surface area (Å²) in [6.45, 7) is 1.36. The van der Waals surface area contributed by atoms with Crippen LogP contribution in [-0.4, -0.2) is 22.8 Å². The Bertz CT molecular complexity index is 823. The number of hydrogen-bond acceptors (Lipinski definition) is 5. The fourth-order valence-electron chi connectivity index (χ4n) is 3.19. The van der Waals surface area contributed by atoms with Gasteiger partial charge in [-0.2, -0.15) is 0 Å². The first-order valence-electron chi connectivity index (χ1n) is 8.51. The molecular weight excluding hydrogens is 355 g/mol. The molecule has 1 fully saturated rings.